The molecule has 0 unspecified atom stereocenters. The quantitative estimate of drug-likeness (QED) is 0.372. The molecule has 0 spiro atoms. The van der Waals surface area contributed by atoms with E-state index >= 15 is 0 Å². The molecule has 10 heteroatoms. The number of carbonyl (C=O) groups is 1. The minimum Gasteiger partial charge on any atom is -0.395 e. The Labute approximate surface area is 185 Å². The molecule has 0 saturated carbocycles. The lowest BCUT2D eigenvalue weighted by molar-refractivity contribution is -0.118. The number of hydrogen-bond acceptors (Lipinski definition) is 8. The van der Waals surface area contributed by atoms with Crippen molar-refractivity contribution < 1.29 is 9.90 Å². The van der Waals surface area contributed by atoms with Crippen LogP contribution in [0.3, 0.4) is 0 Å². The molecule has 0 radical (unpaired) electrons. The van der Waals surface area contributed by atoms with Gasteiger partial charge < -0.3 is 10.4 Å². The zero-order valence-electron chi connectivity index (χ0n) is 15.9. The van der Waals surface area contributed by atoms with E-state index in [1.807, 2.05) is 53.1 Å². The second-order valence-corrected chi connectivity index (χ2v) is 9.36. The highest BCUT2D eigenvalue weighted by Gasteiger charge is 2.17. The van der Waals surface area contributed by atoms with Gasteiger partial charge in [0.05, 0.1) is 28.3 Å². The zero-order valence-corrected chi connectivity index (χ0v) is 18.3. The van der Waals surface area contributed by atoms with Crippen molar-refractivity contribution in [1.82, 2.24) is 25.1 Å². The van der Waals surface area contributed by atoms with E-state index in [2.05, 4.69) is 26.6 Å². The summed E-state index contributed by atoms with van der Waals surface area (Å²) in [4.78, 5) is 16.6. The van der Waals surface area contributed by atoms with Crippen LogP contribution in [0.4, 0.5) is 0 Å². The van der Waals surface area contributed by atoms with Gasteiger partial charge in [-0.2, -0.15) is 0 Å². The number of thioether (sulfide) groups is 2. The molecular formula is C20H19N5O2S3. The largest absolute Gasteiger partial charge is 0.395 e. The number of nitrogens with one attached hydrogen (secondary N) is 1. The highest BCUT2D eigenvalue weighted by atomic mass is 32.2. The summed E-state index contributed by atoms with van der Waals surface area (Å²) < 4.78 is 4.12. The molecule has 0 bridgehead atoms. The van der Waals surface area contributed by atoms with Crippen molar-refractivity contribution in [2.45, 2.75) is 15.2 Å². The first kappa shape index (κ1) is 20.9. The normalized spacial score (nSPS) is 11.1. The van der Waals surface area contributed by atoms with E-state index in [4.69, 9.17) is 5.11 Å². The molecule has 2 N–H and O–H groups in total. The van der Waals surface area contributed by atoms with Crippen LogP contribution in [0.25, 0.3) is 15.9 Å². The summed E-state index contributed by atoms with van der Waals surface area (Å²) in [5, 5.41) is 20.8. The zero-order chi connectivity index (χ0) is 20.8. The van der Waals surface area contributed by atoms with Crippen molar-refractivity contribution in [3.63, 3.8) is 0 Å². The summed E-state index contributed by atoms with van der Waals surface area (Å²) >= 11 is 4.61. The van der Waals surface area contributed by atoms with E-state index in [0.717, 1.165) is 26.1 Å². The van der Waals surface area contributed by atoms with E-state index < -0.39 is 0 Å². The fourth-order valence-electron chi connectivity index (χ4n) is 2.74. The molecule has 30 heavy (non-hydrogen) atoms. The summed E-state index contributed by atoms with van der Waals surface area (Å²) in [6, 6.07) is 17.9. The Hall–Kier alpha value is -2.40. The highest BCUT2D eigenvalue weighted by molar-refractivity contribution is 8.00. The Morgan fingerprint density at radius 3 is 2.67 bits per heavy atom. The Balaban J connectivity index is 1.53. The second-order valence-electron chi connectivity index (χ2n) is 6.17. The number of fused-ring (bicyclic) bond motifs is 1. The number of benzene rings is 2. The van der Waals surface area contributed by atoms with Gasteiger partial charge in [-0.15, -0.1) is 21.5 Å². The summed E-state index contributed by atoms with van der Waals surface area (Å²) in [5.41, 5.74) is 1.94. The summed E-state index contributed by atoms with van der Waals surface area (Å²) in [7, 11) is 0. The Bertz CT molecular complexity index is 1100. The molecule has 2 heterocycles. The van der Waals surface area contributed by atoms with Crippen molar-refractivity contribution in [3.8, 4) is 5.69 Å². The molecule has 7 nitrogen and oxygen atoms in total. The van der Waals surface area contributed by atoms with Crippen LogP contribution in [0.1, 0.15) is 5.82 Å². The number of carbonyl (C=O) groups excluding carboxylic acids is 1. The van der Waals surface area contributed by atoms with Gasteiger partial charge in [0, 0.05) is 12.2 Å². The lowest BCUT2D eigenvalue weighted by atomic mass is 10.3. The smallest absolute Gasteiger partial charge is 0.230 e. The van der Waals surface area contributed by atoms with E-state index in [1.54, 1.807) is 23.1 Å². The van der Waals surface area contributed by atoms with Crippen molar-refractivity contribution in [1.29, 1.82) is 0 Å². The van der Waals surface area contributed by atoms with E-state index in [1.165, 1.54) is 11.8 Å². The highest BCUT2D eigenvalue weighted by Crippen LogP contribution is 2.32. The predicted octanol–water partition coefficient (Wildman–Crippen LogP) is 3.37. The molecule has 0 fully saturated rings. The predicted molar refractivity (Wildman–Crippen MR) is 121 cm³/mol. The van der Waals surface area contributed by atoms with Gasteiger partial charge in [-0.05, 0) is 24.3 Å². The third kappa shape index (κ3) is 5.01. The van der Waals surface area contributed by atoms with Gasteiger partial charge in [0.25, 0.3) is 0 Å². The first-order valence-electron chi connectivity index (χ1n) is 9.23. The topological polar surface area (TPSA) is 92.9 Å². The van der Waals surface area contributed by atoms with Crippen molar-refractivity contribution in [3.05, 3.63) is 60.4 Å². The molecule has 0 atom stereocenters. The molecule has 0 aliphatic carbocycles. The van der Waals surface area contributed by atoms with Crippen molar-refractivity contribution in [2.75, 3.05) is 18.9 Å². The van der Waals surface area contributed by atoms with E-state index in [0.29, 0.717) is 10.9 Å². The number of thiazole rings is 1. The first-order chi connectivity index (χ1) is 14.7. The van der Waals surface area contributed by atoms with Crippen LogP contribution >= 0.6 is 34.9 Å². The fraction of sp³-hybridized carbons (Fsp3) is 0.200. The second kappa shape index (κ2) is 10.1. The SMILES string of the molecule is O=C(CSc1nnc(CSc2nc3ccccc3s2)n1-c1ccccc1)NCCO. The van der Waals surface area contributed by atoms with Gasteiger partial charge in [0.2, 0.25) is 5.91 Å². The van der Waals surface area contributed by atoms with Crippen LogP contribution in [-0.2, 0) is 10.5 Å². The number of hydrogen-bond donors (Lipinski definition) is 2. The number of rotatable bonds is 9. The standard InChI is InChI=1S/C20H19N5O2S3/c26-11-10-21-18(27)13-28-19-24-23-17(25(19)14-6-2-1-3-7-14)12-29-20-22-15-8-4-5-9-16(15)30-20/h1-9,26H,10-13H2,(H,21,27). The molecule has 2 aromatic heterocycles. The van der Waals surface area contributed by atoms with Gasteiger partial charge in [0.15, 0.2) is 9.50 Å². The molecular weight excluding hydrogens is 438 g/mol. The molecule has 2 aromatic carbocycles. The number of nitrogens with zero attached hydrogens (tertiary/aromatic N) is 4. The average molecular weight is 458 g/mol. The minimum atomic E-state index is -0.151. The number of aromatic nitrogens is 4. The van der Waals surface area contributed by atoms with Crippen LogP contribution in [0.2, 0.25) is 0 Å². The minimum absolute atomic E-state index is 0.0796. The molecule has 154 valence electrons. The molecule has 4 rings (SSSR count). The van der Waals surface area contributed by atoms with Gasteiger partial charge in [-0.3, -0.25) is 9.36 Å². The van der Waals surface area contributed by atoms with Crippen LogP contribution in [0.5, 0.6) is 0 Å². The maximum absolute atomic E-state index is 11.9. The molecule has 4 aromatic rings. The third-order valence-electron chi connectivity index (χ3n) is 4.08. The Morgan fingerprint density at radius 2 is 1.87 bits per heavy atom. The van der Waals surface area contributed by atoms with Gasteiger partial charge in [-0.25, -0.2) is 4.98 Å². The maximum atomic E-state index is 11.9. The van der Waals surface area contributed by atoms with Crippen LogP contribution < -0.4 is 5.32 Å². The average Bonchev–Trinajstić information content (AvgIpc) is 3.38. The molecule has 0 aliphatic heterocycles. The summed E-state index contributed by atoms with van der Waals surface area (Å²) in [5.74, 6) is 1.46. The van der Waals surface area contributed by atoms with Crippen LogP contribution in [-0.4, -0.2) is 49.7 Å². The number of aliphatic hydroxyl groups is 1. The fourth-order valence-corrected chi connectivity index (χ4v) is 5.52. The molecule has 0 aliphatic rings. The maximum Gasteiger partial charge on any atom is 0.230 e. The first-order valence-corrected chi connectivity index (χ1v) is 12.0. The van der Waals surface area contributed by atoms with Crippen molar-refractivity contribution in [2.24, 2.45) is 0 Å². The van der Waals surface area contributed by atoms with Crippen LogP contribution in [0.15, 0.2) is 64.1 Å². The number of para-hydroxylation sites is 2. The van der Waals surface area contributed by atoms with Gasteiger partial charge in [0.1, 0.15) is 5.82 Å². The Morgan fingerprint density at radius 1 is 1.07 bits per heavy atom. The lowest BCUT2D eigenvalue weighted by Crippen LogP contribution is -2.28. The summed E-state index contributed by atoms with van der Waals surface area (Å²) in [6.07, 6.45) is 0. The van der Waals surface area contributed by atoms with Gasteiger partial charge >= 0.3 is 0 Å². The third-order valence-corrected chi connectivity index (χ3v) is 7.18. The number of aliphatic hydroxyl groups excluding tert-OH is 1. The van der Waals surface area contributed by atoms with Crippen LogP contribution in [0, 0.1) is 0 Å². The van der Waals surface area contributed by atoms with Crippen molar-refractivity contribution >= 4 is 51.0 Å². The molecule has 1 amide bonds. The molecule has 0 saturated heterocycles. The number of amides is 1. The summed E-state index contributed by atoms with van der Waals surface area (Å²) in [6.45, 7) is 0.165. The Kier molecular flexibility index (Phi) is 7.00. The van der Waals surface area contributed by atoms with E-state index in [-0.39, 0.29) is 24.8 Å². The van der Waals surface area contributed by atoms with Gasteiger partial charge in [-0.1, -0.05) is 53.9 Å². The van der Waals surface area contributed by atoms with E-state index in [9.17, 15) is 4.79 Å². The monoisotopic (exact) mass is 457 g/mol. The lowest BCUT2D eigenvalue weighted by Gasteiger charge is -2.09.